The fourth-order valence-electron chi connectivity index (χ4n) is 7.11. The zero-order chi connectivity index (χ0) is 26.7. The molecule has 0 saturated heterocycles. The number of hydrogen-bond donors (Lipinski definition) is 0. The van der Waals surface area contributed by atoms with Crippen LogP contribution in [-0.2, 0) is 6.42 Å². The number of hydrogen-bond acceptors (Lipinski definition) is 3. The van der Waals surface area contributed by atoms with Crippen LogP contribution in [0.25, 0.3) is 77.2 Å². The van der Waals surface area contributed by atoms with Crippen molar-refractivity contribution in [1.82, 2.24) is 23.9 Å². The molecule has 1 aliphatic rings. The molecule has 0 aliphatic heterocycles. The number of aromatic nitrogens is 5. The van der Waals surface area contributed by atoms with Crippen LogP contribution in [0, 0.1) is 0 Å². The Labute approximate surface area is 234 Å². The van der Waals surface area contributed by atoms with E-state index in [-0.39, 0.29) is 0 Å². The summed E-state index contributed by atoms with van der Waals surface area (Å²) in [5, 5.41) is 5.80. The summed E-state index contributed by atoms with van der Waals surface area (Å²) in [7, 11) is 0. The molecule has 0 fully saturated rings. The maximum absolute atomic E-state index is 5.04. The van der Waals surface area contributed by atoms with E-state index in [1.54, 1.807) is 6.20 Å². The molecule has 5 aromatic heterocycles. The van der Waals surface area contributed by atoms with Gasteiger partial charge in [-0.25, -0.2) is 15.0 Å². The van der Waals surface area contributed by atoms with Crippen molar-refractivity contribution in [3.63, 3.8) is 0 Å². The smallest absolute Gasteiger partial charge is 0.178 e. The minimum Gasteiger partial charge on any atom is -0.309 e. The standard InChI is InChI=1S/C36H21N5/c1-2-9-23(10-3-1)40-31-20-27-26-12-6-17-38-35(26)41-30-13-7-16-37-34(30)39-36(41)29(27)19-28(31)25-15-14-22-18-21-8-4-5-11-24(21)32(22)33(25)40/h1-17,19-20H,18H2. The first-order chi connectivity index (χ1) is 20.3. The molecular formula is C36H21N5. The normalized spacial score (nSPS) is 12.8. The molecule has 5 nitrogen and oxygen atoms in total. The van der Waals surface area contributed by atoms with E-state index >= 15 is 0 Å². The molecule has 5 heteroatoms. The monoisotopic (exact) mass is 523 g/mol. The Bertz CT molecular complexity index is 2550. The summed E-state index contributed by atoms with van der Waals surface area (Å²) in [6.07, 6.45) is 4.62. The van der Waals surface area contributed by atoms with Crippen LogP contribution in [0.5, 0.6) is 0 Å². The van der Waals surface area contributed by atoms with E-state index < -0.39 is 0 Å². The average Bonchev–Trinajstić information content (AvgIpc) is 3.70. The van der Waals surface area contributed by atoms with E-state index in [0.29, 0.717) is 0 Å². The highest BCUT2D eigenvalue weighted by Crippen LogP contribution is 2.46. The number of imidazole rings is 1. The second kappa shape index (κ2) is 7.55. The van der Waals surface area contributed by atoms with Crippen molar-refractivity contribution in [2.24, 2.45) is 0 Å². The Balaban J connectivity index is 1.47. The number of pyridine rings is 3. The van der Waals surface area contributed by atoms with Crippen LogP contribution in [0.3, 0.4) is 0 Å². The Kier molecular flexibility index (Phi) is 3.92. The first-order valence-corrected chi connectivity index (χ1v) is 13.9. The Morgan fingerprint density at radius 3 is 2.37 bits per heavy atom. The summed E-state index contributed by atoms with van der Waals surface area (Å²) in [5.74, 6) is 0. The number of rotatable bonds is 1. The zero-order valence-corrected chi connectivity index (χ0v) is 21.9. The van der Waals surface area contributed by atoms with Crippen molar-refractivity contribution in [1.29, 1.82) is 0 Å². The van der Waals surface area contributed by atoms with E-state index in [0.717, 1.165) is 50.7 Å². The van der Waals surface area contributed by atoms with E-state index in [2.05, 4.69) is 105 Å². The predicted octanol–water partition coefficient (Wildman–Crippen LogP) is 8.25. The van der Waals surface area contributed by atoms with E-state index in [9.17, 15) is 0 Å². The van der Waals surface area contributed by atoms with Crippen LogP contribution in [0.1, 0.15) is 11.1 Å². The summed E-state index contributed by atoms with van der Waals surface area (Å²) in [4.78, 5) is 14.5. The van der Waals surface area contributed by atoms with Gasteiger partial charge in [0.15, 0.2) is 5.65 Å². The van der Waals surface area contributed by atoms with Gasteiger partial charge in [0.05, 0.1) is 16.6 Å². The minimum atomic E-state index is 0.730. The first kappa shape index (κ1) is 21.3. The van der Waals surface area contributed by atoms with Crippen LogP contribution >= 0.6 is 0 Å². The first-order valence-electron chi connectivity index (χ1n) is 13.9. The second-order valence-electron chi connectivity index (χ2n) is 10.9. The van der Waals surface area contributed by atoms with Gasteiger partial charge < -0.3 is 4.57 Å². The minimum absolute atomic E-state index is 0.730. The summed E-state index contributed by atoms with van der Waals surface area (Å²) < 4.78 is 4.62. The topological polar surface area (TPSA) is 48.0 Å². The van der Waals surface area contributed by atoms with Crippen molar-refractivity contribution in [2.75, 3.05) is 0 Å². The lowest BCUT2D eigenvalue weighted by Crippen LogP contribution is -1.96. The third-order valence-corrected chi connectivity index (χ3v) is 8.80. The third-order valence-electron chi connectivity index (χ3n) is 8.80. The van der Waals surface area contributed by atoms with Gasteiger partial charge in [0.2, 0.25) is 0 Å². The van der Waals surface area contributed by atoms with Gasteiger partial charge in [-0.1, -0.05) is 54.6 Å². The summed E-state index contributed by atoms with van der Waals surface area (Å²) in [6.45, 7) is 0. The summed E-state index contributed by atoms with van der Waals surface area (Å²) in [6, 6.07) is 37.1. The van der Waals surface area contributed by atoms with Gasteiger partial charge in [0.1, 0.15) is 11.3 Å². The number of nitrogens with zero attached hydrogens (tertiary/aromatic N) is 5. The Morgan fingerprint density at radius 1 is 0.561 bits per heavy atom. The average molecular weight is 524 g/mol. The molecular weight excluding hydrogens is 502 g/mol. The molecule has 4 aromatic carbocycles. The van der Waals surface area contributed by atoms with Gasteiger partial charge in [-0.2, -0.15) is 0 Å². The van der Waals surface area contributed by atoms with Crippen molar-refractivity contribution >= 4 is 60.4 Å². The molecule has 0 saturated carbocycles. The maximum atomic E-state index is 5.04. The number of para-hydroxylation sites is 1. The lowest BCUT2D eigenvalue weighted by Gasteiger charge is -2.12. The molecule has 190 valence electrons. The van der Waals surface area contributed by atoms with Crippen LogP contribution < -0.4 is 0 Å². The molecule has 0 radical (unpaired) electrons. The zero-order valence-electron chi connectivity index (χ0n) is 21.9. The Hall–Kier alpha value is -5.55. The fraction of sp³-hybridized carbons (Fsp3) is 0.0278. The molecule has 0 atom stereocenters. The van der Waals surface area contributed by atoms with Gasteiger partial charge in [0.25, 0.3) is 0 Å². The lowest BCUT2D eigenvalue weighted by molar-refractivity contribution is 1.18. The maximum Gasteiger partial charge on any atom is 0.178 e. The van der Waals surface area contributed by atoms with Crippen LogP contribution in [0.2, 0.25) is 0 Å². The lowest BCUT2D eigenvalue weighted by atomic mass is 10.0. The molecule has 0 unspecified atom stereocenters. The highest BCUT2D eigenvalue weighted by Gasteiger charge is 2.26. The molecule has 5 heterocycles. The van der Waals surface area contributed by atoms with E-state index in [1.165, 1.54) is 44.1 Å². The van der Waals surface area contributed by atoms with Gasteiger partial charge in [-0.15, -0.1) is 0 Å². The third kappa shape index (κ3) is 2.68. The predicted molar refractivity (Wildman–Crippen MR) is 166 cm³/mol. The largest absolute Gasteiger partial charge is 0.309 e. The van der Waals surface area contributed by atoms with Crippen LogP contribution in [0.4, 0.5) is 0 Å². The number of benzene rings is 4. The van der Waals surface area contributed by atoms with Crippen molar-refractivity contribution in [2.45, 2.75) is 6.42 Å². The second-order valence-corrected chi connectivity index (χ2v) is 10.9. The van der Waals surface area contributed by atoms with Crippen molar-refractivity contribution < 1.29 is 0 Å². The Morgan fingerprint density at radius 2 is 1.41 bits per heavy atom. The molecule has 10 rings (SSSR count). The van der Waals surface area contributed by atoms with E-state index in [4.69, 9.17) is 9.97 Å². The molecule has 0 bridgehead atoms. The molecule has 41 heavy (non-hydrogen) atoms. The quantitative estimate of drug-likeness (QED) is 0.204. The number of fused-ring (bicyclic) bond motifs is 15. The summed E-state index contributed by atoms with van der Waals surface area (Å²) in [5.41, 5.74) is 12.5. The van der Waals surface area contributed by atoms with E-state index in [1.807, 2.05) is 18.3 Å². The fourth-order valence-corrected chi connectivity index (χ4v) is 7.11. The van der Waals surface area contributed by atoms with Crippen LogP contribution in [-0.4, -0.2) is 23.9 Å². The molecule has 0 N–H and O–H groups in total. The highest BCUT2D eigenvalue weighted by molar-refractivity contribution is 6.23. The summed E-state index contributed by atoms with van der Waals surface area (Å²) >= 11 is 0. The molecule has 0 amide bonds. The van der Waals surface area contributed by atoms with Gasteiger partial charge >= 0.3 is 0 Å². The van der Waals surface area contributed by atoms with Crippen molar-refractivity contribution in [3.05, 3.63) is 127 Å². The van der Waals surface area contributed by atoms with Crippen molar-refractivity contribution in [3.8, 4) is 16.8 Å². The molecule has 0 spiro atoms. The van der Waals surface area contributed by atoms with Crippen LogP contribution in [0.15, 0.2) is 116 Å². The van der Waals surface area contributed by atoms with Gasteiger partial charge in [0, 0.05) is 45.2 Å². The highest BCUT2D eigenvalue weighted by atomic mass is 15.1. The molecule has 1 aliphatic carbocycles. The SMILES string of the molecule is c1ccc(-n2c3cc4c5cccnc5n5c6cccnc6nc5c4cc3c3ccc4c(c32)-c2ccccc2C4)cc1. The van der Waals surface area contributed by atoms with Gasteiger partial charge in [-0.05, 0) is 77.0 Å². The van der Waals surface area contributed by atoms with Gasteiger partial charge in [-0.3, -0.25) is 4.40 Å². The molecule has 9 aromatic rings.